The SMILES string of the molecule is C[C@@H]1CN(C(=O)Nc2cc(F)ccc2F)C[C@H]1C(=O)O. The number of benzene rings is 1. The number of carbonyl (C=O) groups excluding carboxylic acids is 1. The molecule has 1 saturated heterocycles. The molecule has 1 aliphatic rings. The van der Waals surface area contributed by atoms with Crippen LogP contribution in [-0.2, 0) is 4.79 Å². The van der Waals surface area contributed by atoms with Gasteiger partial charge in [-0.25, -0.2) is 13.6 Å². The van der Waals surface area contributed by atoms with Crippen molar-refractivity contribution in [3.8, 4) is 0 Å². The summed E-state index contributed by atoms with van der Waals surface area (Å²) in [5.41, 5.74) is -0.263. The fourth-order valence-electron chi connectivity index (χ4n) is 2.24. The number of amides is 2. The molecule has 1 aromatic rings. The Morgan fingerprint density at radius 3 is 2.65 bits per heavy atom. The van der Waals surface area contributed by atoms with E-state index in [1.54, 1.807) is 6.92 Å². The van der Waals surface area contributed by atoms with E-state index in [9.17, 15) is 18.4 Å². The number of carboxylic acids is 1. The number of hydrogen-bond donors (Lipinski definition) is 2. The average Bonchev–Trinajstić information content (AvgIpc) is 2.76. The molecule has 20 heavy (non-hydrogen) atoms. The number of carbonyl (C=O) groups is 2. The molecule has 7 heteroatoms. The molecule has 108 valence electrons. The molecule has 0 aromatic heterocycles. The first-order chi connectivity index (χ1) is 9.38. The van der Waals surface area contributed by atoms with Crippen LogP contribution in [0.5, 0.6) is 0 Å². The standard InChI is InChI=1S/C13H14F2N2O3/c1-7-5-17(6-9(7)12(18)19)13(20)16-11-4-8(14)2-3-10(11)15/h2-4,7,9H,5-6H2,1H3,(H,16,20)(H,18,19)/t7-,9-/m1/s1. The van der Waals surface area contributed by atoms with Gasteiger partial charge < -0.3 is 15.3 Å². The van der Waals surface area contributed by atoms with Crippen molar-refractivity contribution in [2.24, 2.45) is 11.8 Å². The lowest BCUT2D eigenvalue weighted by Crippen LogP contribution is -2.34. The number of nitrogens with zero attached hydrogens (tertiary/aromatic N) is 1. The summed E-state index contributed by atoms with van der Waals surface area (Å²) in [6.45, 7) is 2.05. The maximum Gasteiger partial charge on any atom is 0.321 e. The summed E-state index contributed by atoms with van der Waals surface area (Å²) in [4.78, 5) is 24.2. The number of anilines is 1. The molecule has 1 aliphatic heterocycles. The summed E-state index contributed by atoms with van der Waals surface area (Å²) in [7, 11) is 0. The summed E-state index contributed by atoms with van der Waals surface area (Å²) in [5.74, 6) is -3.21. The lowest BCUT2D eigenvalue weighted by molar-refractivity contribution is -0.142. The van der Waals surface area contributed by atoms with Gasteiger partial charge in [0.25, 0.3) is 0 Å². The first-order valence-corrected chi connectivity index (χ1v) is 6.12. The fourth-order valence-corrected chi connectivity index (χ4v) is 2.24. The Hall–Kier alpha value is -2.18. The monoisotopic (exact) mass is 284 g/mol. The van der Waals surface area contributed by atoms with Gasteiger partial charge in [-0.15, -0.1) is 0 Å². The topological polar surface area (TPSA) is 69.6 Å². The van der Waals surface area contributed by atoms with E-state index in [4.69, 9.17) is 5.11 Å². The molecule has 0 saturated carbocycles. The van der Waals surface area contributed by atoms with Crippen molar-refractivity contribution in [1.29, 1.82) is 0 Å². The molecule has 2 atom stereocenters. The van der Waals surface area contributed by atoms with Crippen LogP contribution in [0.4, 0.5) is 19.3 Å². The van der Waals surface area contributed by atoms with Crippen molar-refractivity contribution < 1.29 is 23.5 Å². The summed E-state index contributed by atoms with van der Waals surface area (Å²) in [6.07, 6.45) is 0. The van der Waals surface area contributed by atoms with Crippen molar-refractivity contribution >= 4 is 17.7 Å². The highest BCUT2D eigenvalue weighted by molar-refractivity contribution is 5.90. The zero-order valence-corrected chi connectivity index (χ0v) is 10.8. The lowest BCUT2D eigenvalue weighted by Gasteiger charge is -2.17. The predicted molar refractivity (Wildman–Crippen MR) is 67.2 cm³/mol. The second kappa shape index (κ2) is 5.44. The number of halogens is 2. The summed E-state index contributed by atoms with van der Waals surface area (Å²) in [5, 5.41) is 11.2. The molecule has 1 aromatic carbocycles. The van der Waals surface area contributed by atoms with Gasteiger partial charge in [-0.3, -0.25) is 4.79 Å². The third-order valence-electron chi connectivity index (χ3n) is 3.39. The molecule has 0 radical (unpaired) electrons. The highest BCUT2D eigenvalue weighted by Gasteiger charge is 2.37. The van der Waals surface area contributed by atoms with E-state index in [0.717, 1.165) is 18.2 Å². The Morgan fingerprint density at radius 1 is 1.35 bits per heavy atom. The highest BCUT2D eigenvalue weighted by atomic mass is 19.1. The van der Waals surface area contributed by atoms with E-state index in [2.05, 4.69) is 5.32 Å². The quantitative estimate of drug-likeness (QED) is 0.874. The normalized spacial score (nSPS) is 21.9. The van der Waals surface area contributed by atoms with E-state index in [0.29, 0.717) is 0 Å². The minimum absolute atomic E-state index is 0.0548. The number of aliphatic carboxylic acids is 1. The number of urea groups is 1. The van der Waals surface area contributed by atoms with Crippen molar-refractivity contribution in [2.75, 3.05) is 18.4 Å². The van der Waals surface area contributed by atoms with Gasteiger partial charge in [-0.2, -0.15) is 0 Å². The summed E-state index contributed by atoms with van der Waals surface area (Å²) < 4.78 is 26.4. The van der Waals surface area contributed by atoms with Crippen molar-refractivity contribution in [1.82, 2.24) is 4.90 Å². The number of carboxylic acid groups (broad SMARTS) is 1. The number of hydrogen-bond acceptors (Lipinski definition) is 2. The van der Waals surface area contributed by atoms with Gasteiger partial charge in [-0.05, 0) is 18.1 Å². The van der Waals surface area contributed by atoms with Crippen LogP contribution in [0, 0.1) is 23.5 Å². The van der Waals surface area contributed by atoms with Gasteiger partial charge in [0.05, 0.1) is 11.6 Å². The minimum atomic E-state index is -0.968. The largest absolute Gasteiger partial charge is 0.481 e. The van der Waals surface area contributed by atoms with E-state index in [1.807, 2.05) is 0 Å². The zero-order chi connectivity index (χ0) is 14.9. The summed E-state index contributed by atoms with van der Waals surface area (Å²) >= 11 is 0. The van der Waals surface area contributed by atoms with Crippen LogP contribution < -0.4 is 5.32 Å². The van der Waals surface area contributed by atoms with E-state index < -0.39 is 29.6 Å². The number of nitrogens with one attached hydrogen (secondary N) is 1. The Morgan fingerprint density at radius 2 is 2.05 bits per heavy atom. The molecule has 0 bridgehead atoms. The fraction of sp³-hybridized carbons (Fsp3) is 0.385. The Labute approximate surface area is 114 Å². The molecule has 1 fully saturated rings. The van der Waals surface area contributed by atoms with Crippen LogP contribution >= 0.6 is 0 Å². The van der Waals surface area contributed by atoms with E-state index in [1.165, 1.54) is 4.90 Å². The average molecular weight is 284 g/mol. The molecule has 1 heterocycles. The predicted octanol–water partition coefficient (Wildman–Crippen LogP) is 2.15. The van der Waals surface area contributed by atoms with Crippen LogP contribution in [0.25, 0.3) is 0 Å². The molecular weight excluding hydrogens is 270 g/mol. The van der Waals surface area contributed by atoms with Gasteiger partial charge in [0.15, 0.2) is 0 Å². The maximum absolute atomic E-state index is 13.4. The molecular formula is C13H14F2N2O3. The summed E-state index contributed by atoms with van der Waals surface area (Å²) in [6, 6.07) is 2.10. The lowest BCUT2D eigenvalue weighted by atomic mass is 9.99. The Balaban J connectivity index is 2.06. The molecule has 0 spiro atoms. The van der Waals surface area contributed by atoms with Crippen LogP contribution in [-0.4, -0.2) is 35.1 Å². The van der Waals surface area contributed by atoms with Gasteiger partial charge in [-0.1, -0.05) is 6.92 Å². The third-order valence-corrected chi connectivity index (χ3v) is 3.39. The van der Waals surface area contributed by atoms with Gasteiger partial charge >= 0.3 is 12.0 Å². The minimum Gasteiger partial charge on any atom is -0.481 e. The maximum atomic E-state index is 13.4. The first-order valence-electron chi connectivity index (χ1n) is 6.12. The second-order valence-corrected chi connectivity index (χ2v) is 4.88. The number of rotatable bonds is 2. The van der Waals surface area contributed by atoms with E-state index in [-0.39, 0.29) is 24.7 Å². The molecule has 0 unspecified atom stereocenters. The van der Waals surface area contributed by atoms with Crippen LogP contribution in [0.15, 0.2) is 18.2 Å². The molecule has 2 rings (SSSR count). The van der Waals surface area contributed by atoms with Crippen molar-refractivity contribution in [3.05, 3.63) is 29.8 Å². The second-order valence-electron chi connectivity index (χ2n) is 4.88. The highest BCUT2D eigenvalue weighted by Crippen LogP contribution is 2.24. The Kier molecular flexibility index (Phi) is 3.87. The number of likely N-dealkylation sites (tertiary alicyclic amines) is 1. The van der Waals surface area contributed by atoms with Gasteiger partial charge in [0, 0.05) is 19.2 Å². The van der Waals surface area contributed by atoms with Crippen LogP contribution in [0.1, 0.15) is 6.92 Å². The van der Waals surface area contributed by atoms with Crippen molar-refractivity contribution in [3.63, 3.8) is 0 Å². The molecule has 5 nitrogen and oxygen atoms in total. The molecule has 2 N–H and O–H groups in total. The first kappa shape index (κ1) is 14.2. The van der Waals surface area contributed by atoms with Gasteiger partial charge in [0.1, 0.15) is 11.6 Å². The Bertz CT molecular complexity index is 550. The zero-order valence-electron chi connectivity index (χ0n) is 10.8. The molecule has 0 aliphatic carbocycles. The van der Waals surface area contributed by atoms with Crippen molar-refractivity contribution in [2.45, 2.75) is 6.92 Å². The molecule has 2 amide bonds. The smallest absolute Gasteiger partial charge is 0.321 e. The van der Waals surface area contributed by atoms with E-state index >= 15 is 0 Å². The van der Waals surface area contributed by atoms with Crippen LogP contribution in [0.3, 0.4) is 0 Å². The van der Waals surface area contributed by atoms with Gasteiger partial charge in [0.2, 0.25) is 0 Å². The van der Waals surface area contributed by atoms with Crippen LogP contribution in [0.2, 0.25) is 0 Å². The third kappa shape index (κ3) is 2.87.